The number of fused-ring (bicyclic) bond motifs is 1. The van der Waals surface area contributed by atoms with Gasteiger partial charge in [-0.1, -0.05) is 20.8 Å². The summed E-state index contributed by atoms with van der Waals surface area (Å²) >= 11 is 0. The first-order chi connectivity index (χ1) is 6.48. The largest absolute Gasteiger partial charge is 0.469 e. The first-order valence-corrected chi connectivity index (χ1v) is 4.87. The fraction of sp³-hybridized carbons (Fsp3) is 0.545. The molecule has 2 heterocycles. The average Bonchev–Trinajstić information content (AvgIpc) is 2.47. The van der Waals surface area contributed by atoms with Crippen molar-refractivity contribution in [3.63, 3.8) is 0 Å². The highest BCUT2D eigenvalue weighted by molar-refractivity contribution is 5.56. The van der Waals surface area contributed by atoms with Crippen molar-refractivity contribution in [3.05, 3.63) is 17.3 Å². The van der Waals surface area contributed by atoms with Gasteiger partial charge >= 0.3 is 0 Å². The molecule has 0 unspecified atom stereocenters. The topological polar surface area (TPSA) is 34.1 Å². The van der Waals surface area contributed by atoms with Gasteiger partial charge in [-0.15, -0.1) is 0 Å². The minimum atomic E-state index is 0.123. The van der Waals surface area contributed by atoms with Crippen molar-refractivity contribution in [3.8, 4) is 5.75 Å². The lowest BCUT2D eigenvalue weighted by atomic mass is 9.86. The molecular weight excluding hydrogens is 176 g/mol. The Morgan fingerprint density at radius 1 is 1.43 bits per heavy atom. The quantitative estimate of drug-likeness (QED) is 0.685. The summed E-state index contributed by atoms with van der Waals surface area (Å²) < 4.78 is 5.42. The molecule has 0 radical (unpaired) electrons. The summed E-state index contributed by atoms with van der Waals surface area (Å²) in [4.78, 5) is 4.48. The van der Waals surface area contributed by atoms with Crippen LogP contribution in [0, 0.1) is 6.92 Å². The van der Waals surface area contributed by atoms with Gasteiger partial charge in [0.1, 0.15) is 0 Å². The van der Waals surface area contributed by atoms with Crippen LogP contribution in [0.2, 0.25) is 0 Å². The van der Waals surface area contributed by atoms with E-state index in [-0.39, 0.29) is 5.41 Å². The summed E-state index contributed by atoms with van der Waals surface area (Å²) in [5, 5.41) is 3.09. The minimum Gasteiger partial charge on any atom is -0.469 e. The summed E-state index contributed by atoms with van der Waals surface area (Å²) in [5.41, 5.74) is 2.45. The molecule has 0 saturated carbocycles. The van der Waals surface area contributed by atoms with Gasteiger partial charge in [-0.2, -0.15) is 0 Å². The molecule has 14 heavy (non-hydrogen) atoms. The maximum atomic E-state index is 5.42. The Labute approximate surface area is 84.5 Å². The van der Waals surface area contributed by atoms with Gasteiger partial charge in [-0.25, -0.2) is 4.98 Å². The van der Waals surface area contributed by atoms with E-state index in [2.05, 4.69) is 37.1 Å². The average molecular weight is 192 g/mol. The van der Waals surface area contributed by atoms with Gasteiger partial charge < -0.3 is 10.1 Å². The summed E-state index contributed by atoms with van der Waals surface area (Å²) in [7, 11) is 0. The SMILES string of the molecule is Cc1nc2c(cc1C(C)(C)C)OCN2. The molecule has 0 atom stereocenters. The fourth-order valence-electron chi connectivity index (χ4n) is 1.77. The molecule has 1 N–H and O–H groups in total. The molecule has 0 spiro atoms. The number of hydrogen-bond acceptors (Lipinski definition) is 3. The minimum absolute atomic E-state index is 0.123. The van der Waals surface area contributed by atoms with Crippen molar-refractivity contribution in [2.45, 2.75) is 33.1 Å². The second kappa shape index (κ2) is 2.87. The number of pyridine rings is 1. The third-order valence-corrected chi connectivity index (χ3v) is 2.45. The standard InChI is InChI=1S/C11H16N2O/c1-7-8(11(2,3)4)5-9-10(13-7)12-6-14-9/h5H,6H2,1-4H3,(H,12,13). The van der Waals surface area contributed by atoms with E-state index in [1.165, 1.54) is 5.56 Å². The van der Waals surface area contributed by atoms with E-state index in [1.807, 2.05) is 6.92 Å². The van der Waals surface area contributed by atoms with Crippen LogP contribution in [0.5, 0.6) is 5.75 Å². The van der Waals surface area contributed by atoms with Gasteiger partial charge in [0.2, 0.25) is 0 Å². The second-order valence-electron chi connectivity index (χ2n) is 4.68. The van der Waals surface area contributed by atoms with Crippen molar-refractivity contribution < 1.29 is 4.74 Å². The first-order valence-electron chi connectivity index (χ1n) is 4.87. The molecule has 0 fully saturated rings. The van der Waals surface area contributed by atoms with E-state index in [0.717, 1.165) is 17.3 Å². The third-order valence-electron chi connectivity index (χ3n) is 2.45. The van der Waals surface area contributed by atoms with Crippen LogP contribution in [0.1, 0.15) is 32.0 Å². The second-order valence-corrected chi connectivity index (χ2v) is 4.68. The number of aromatic nitrogens is 1. The number of ether oxygens (including phenoxy) is 1. The maximum Gasteiger partial charge on any atom is 0.171 e. The lowest BCUT2D eigenvalue weighted by molar-refractivity contribution is 0.371. The molecule has 0 saturated heterocycles. The summed E-state index contributed by atoms with van der Waals surface area (Å²) in [5.74, 6) is 1.75. The normalized spacial score (nSPS) is 14.6. The van der Waals surface area contributed by atoms with Crippen LogP contribution in [0.4, 0.5) is 5.82 Å². The Morgan fingerprint density at radius 3 is 2.79 bits per heavy atom. The monoisotopic (exact) mass is 192 g/mol. The van der Waals surface area contributed by atoms with E-state index in [4.69, 9.17) is 4.74 Å². The van der Waals surface area contributed by atoms with Crippen LogP contribution in [0.25, 0.3) is 0 Å². The Bertz CT molecular complexity index is 366. The maximum absolute atomic E-state index is 5.42. The predicted molar refractivity (Wildman–Crippen MR) is 56.8 cm³/mol. The van der Waals surface area contributed by atoms with Crippen LogP contribution in [0.3, 0.4) is 0 Å². The van der Waals surface area contributed by atoms with E-state index in [0.29, 0.717) is 6.73 Å². The predicted octanol–water partition coefficient (Wildman–Crippen LogP) is 2.45. The van der Waals surface area contributed by atoms with E-state index in [1.54, 1.807) is 0 Å². The Morgan fingerprint density at radius 2 is 2.14 bits per heavy atom. The van der Waals surface area contributed by atoms with Gasteiger partial charge in [0.25, 0.3) is 0 Å². The summed E-state index contributed by atoms with van der Waals surface area (Å²) in [6, 6.07) is 2.09. The number of anilines is 1. The molecule has 1 aliphatic rings. The lowest BCUT2D eigenvalue weighted by Crippen LogP contribution is -2.14. The van der Waals surface area contributed by atoms with E-state index in [9.17, 15) is 0 Å². The van der Waals surface area contributed by atoms with Gasteiger partial charge in [0, 0.05) is 5.69 Å². The number of hydrogen-bond donors (Lipinski definition) is 1. The molecule has 76 valence electrons. The van der Waals surface area contributed by atoms with Gasteiger partial charge in [0.15, 0.2) is 18.3 Å². The van der Waals surface area contributed by atoms with Crippen LogP contribution in [-0.2, 0) is 5.41 Å². The molecule has 3 heteroatoms. The molecule has 1 aromatic heterocycles. The zero-order valence-corrected chi connectivity index (χ0v) is 9.14. The highest BCUT2D eigenvalue weighted by atomic mass is 16.5. The zero-order valence-electron chi connectivity index (χ0n) is 9.14. The third kappa shape index (κ3) is 1.43. The number of aryl methyl sites for hydroxylation is 1. The fourth-order valence-corrected chi connectivity index (χ4v) is 1.77. The van der Waals surface area contributed by atoms with Crippen molar-refractivity contribution in [2.75, 3.05) is 12.0 Å². The van der Waals surface area contributed by atoms with Crippen LogP contribution in [0.15, 0.2) is 6.07 Å². The number of nitrogens with one attached hydrogen (secondary N) is 1. The van der Waals surface area contributed by atoms with Crippen molar-refractivity contribution >= 4 is 5.82 Å². The van der Waals surface area contributed by atoms with E-state index < -0.39 is 0 Å². The van der Waals surface area contributed by atoms with Crippen LogP contribution >= 0.6 is 0 Å². The molecule has 0 aliphatic carbocycles. The molecule has 1 aliphatic heterocycles. The molecular formula is C11H16N2O. The summed E-state index contributed by atoms with van der Waals surface area (Å²) in [6.07, 6.45) is 0. The van der Waals surface area contributed by atoms with Gasteiger partial charge in [-0.3, -0.25) is 0 Å². The Balaban J connectivity index is 2.53. The molecule has 0 bridgehead atoms. The lowest BCUT2D eigenvalue weighted by Gasteiger charge is -2.21. The molecule has 0 aromatic carbocycles. The molecule has 2 rings (SSSR count). The highest BCUT2D eigenvalue weighted by Crippen LogP contribution is 2.34. The van der Waals surface area contributed by atoms with Crippen molar-refractivity contribution in [1.29, 1.82) is 0 Å². The highest BCUT2D eigenvalue weighted by Gasteiger charge is 2.22. The van der Waals surface area contributed by atoms with Crippen LogP contribution < -0.4 is 10.1 Å². The molecule has 3 nitrogen and oxygen atoms in total. The smallest absolute Gasteiger partial charge is 0.171 e. The van der Waals surface area contributed by atoms with Crippen molar-refractivity contribution in [1.82, 2.24) is 4.98 Å². The van der Waals surface area contributed by atoms with Crippen molar-refractivity contribution in [2.24, 2.45) is 0 Å². The van der Waals surface area contributed by atoms with Gasteiger partial charge in [-0.05, 0) is 24.0 Å². The van der Waals surface area contributed by atoms with Crippen LogP contribution in [-0.4, -0.2) is 11.7 Å². The number of rotatable bonds is 0. The van der Waals surface area contributed by atoms with Gasteiger partial charge in [0.05, 0.1) is 0 Å². The molecule has 1 aromatic rings. The number of nitrogens with zero attached hydrogens (tertiary/aromatic N) is 1. The zero-order chi connectivity index (χ0) is 10.3. The van der Waals surface area contributed by atoms with E-state index >= 15 is 0 Å². The summed E-state index contributed by atoms with van der Waals surface area (Å²) in [6.45, 7) is 9.14. The Hall–Kier alpha value is -1.25. The molecule has 0 amide bonds. The first kappa shape index (κ1) is 9.31. The Kier molecular flexibility index (Phi) is 1.91.